The van der Waals surface area contributed by atoms with Gasteiger partial charge in [0.1, 0.15) is 4.90 Å². The van der Waals surface area contributed by atoms with Crippen molar-refractivity contribution >= 4 is 35.6 Å². The minimum absolute atomic E-state index is 0.0972. The van der Waals surface area contributed by atoms with E-state index in [0.29, 0.717) is 4.31 Å². The summed E-state index contributed by atoms with van der Waals surface area (Å²) in [6, 6.07) is 5.39. The standard InChI is InChI=1S/C7H9ClN2O4S2/c1-10(16(9,13)14)6-4-2-3-5-7(6)15(8,11)12/h2-5H,1H3,(H2,9,13,14). The van der Waals surface area contributed by atoms with E-state index in [-0.39, 0.29) is 10.6 Å². The molecule has 90 valence electrons. The number of hydrogen-bond acceptors (Lipinski definition) is 4. The Kier molecular flexibility index (Phi) is 3.48. The van der Waals surface area contributed by atoms with E-state index in [2.05, 4.69) is 0 Å². The number of rotatable bonds is 3. The molecule has 0 heterocycles. The van der Waals surface area contributed by atoms with E-state index in [0.717, 1.165) is 7.05 Å². The summed E-state index contributed by atoms with van der Waals surface area (Å²) in [6.07, 6.45) is 0. The summed E-state index contributed by atoms with van der Waals surface area (Å²) >= 11 is 0. The Labute approximate surface area is 98.2 Å². The minimum atomic E-state index is -4.03. The quantitative estimate of drug-likeness (QED) is 0.805. The molecule has 0 aliphatic rings. The van der Waals surface area contributed by atoms with E-state index in [4.69, 9.17) is 15.8 Å². The average molecular weight is 285 g/mol. The molecule has 0 unspecified atom stereocenters. The van der Waals surface area contributed by atoms with Crippen molar-refractivity contribution in [2.75, 3.05) is 11.4 Å². The maximum absolute atomic E-state index is 11.2. The first-order valence-electron chi connectivity index (χ1n) is 3.94. The number of nitrogens with zero attached hydrogens (tertiary/aromatic N) is 1. The van der Waals surface area contributed by atoms with Crippen molar-refractivity contribution in [1.29, 1.82) is 0 Å². The van der Waals surface area contributed by atoms with Crippen molar-refractivity contribution in [1.82, 2.24) is 0 Å². The molecule has 0 aliphatic heterocycles. The molecule has 0 amide bonds. The molecule has 6 nitrogen and oxygen atoms in total. The SMILES string of the molecule is CN(c1ccccc1S(=O)(=O)Cl)S(N)(=O)=O. The van der Waals surface area contributed by atoms with E-state index in [1.807, 2.05) is 0 Å². The first-order valence-corrected chi connectivity index (χ1v) is 7.75. The van der Waals surface area contributed by atoms with Gasteiger partial charge in [0.05, 0.1) is 5.69 Å². The van der Waals surface area contributed by atoms with Crippen molar-refractivity contribution in [3.05, 3.63) is 24.3 Å². The molecule has 1 aromatic carbocycles. The molecule has 0 fully saturated rings. The first-order chi connectivity index (χ1) is 7.14. The Morgan fingerprint density at radius 3 is 2.12 bits per heavy atom. The second-order valence-corrected chi connectivity index (χ2v) is 7.03. The molecule has 1 aromatic rings. The van der Waals surface area contributed by atoms with Gasteiger partial charge >= 0.3 is 0 Å². The Morgan fingerprint density at radius 1 is 1.19 bits per heavy atom. The summed E-state index contributed by atoms with van der Waals surface area (Å²) in [6.45, 7) is 0. The van der Waals surface area contributed by atoms with Crippen LogP contribution in [0.2, 0.25) is 0 Å². The monoisotopic (exact) mass is 284 g/mol. The van der Waals surface area contributed by atoms with Crippen LogP contribution >= 0.6 is 10.7 Å². The van der Waals surface area contributed by atoms with E-state index < -0.39 is 19.3 Å². The maximum Gasteiger partial charge on any atom is 0.298 e. The van der Waals surface area contributed by atoms with Gasteiger partial charge in [-0.15, -0.1) is 0 Å². The molecule has 0 bridgehead atoms. The van der Waals surface area contributed by atoms with Crippen LogP contribution in [0.4, 0.5) is 5.69 Å². The zero-order valence-electron chi connectivity index (χ0n) is 8.16. The molecule has 2 N–H and O–H groups in total. The number of para-hydroxylation sites is 1. The van der Waals surface area contributed by atoms with Crippen molar-refractivity contribution in [2.24, 2.45) is 5.14 Å². The zero-order chi connectivity index (χ0) is 12.6. The van der Waals surface area contributed by atoms with E-state index in [9.17, 15) is 16.8 Å². The number of anilines is 1. The lowest BCUT2D eigenvalue weighted by Crippen LogP contribution is -2.33. The fraction of sp³-hybridized carbons (Fsp3) is 0.143. The molecule has 0 saturated carbocycles. The lowest BCUT2D eigenvalue weighted by molar-refractivity contribution is 0.595. The third-order valence-electron chi connectivity index (χ3n) is 1.85. The van der Waals surface area contributed by atoms with E-state index in [1.54, 1.807) is 0 Å². The van der Waals surface area contributed by atoms with Gasteiger partial charge in [-0.05, 0) is 12.1 Å². The van der Waals surface area contributed by atoms with Crippen LogP contribution in [-0.4, -0.2) is 23.9 Å². The van der Waals surface area contributed by atoms with Gasteiger partial charge < -0.3 is 0 Å². The number of benzene rings is 1. The minimum Gasteiger partial charge on any atom is -0.260 e. The number of hydrogen-bond donors (Lipinski definition) is 1. The Hall–Kier alpha value is -0.830. The van der Waals surface area contributed by atoms with Gasteiger partial charge in [0.2, 0.25) is 0 Å². The predicted molar refractivity (Wildman–Crippen MR) is 61.0 cm³/mol. The van der Waals surface area contributed by atoms with E-state index in [1.165, 1.54) is 24.3 Å². The van der Waals surface area contributed by atoms with Crippen molar-refractivity contribution in [3.63, 3.8) is 0 Å². The van der Waals surface area contributed by atoms with Gasteiger partial charge in [-0.2, -0.15) is 8.42 Å². The highest BCUT2D eigenvalue weighted by Gasteiger charge is 2.22. The molecular formula is C7H9ClN2O4S2. The topological polar surface area (TPSA) is 97.5 Å². The predicted octanol–water partition coefficient (Wildman–Crippen LogP) is 0.254. The van der Waals surface area contributed by atoms with Crippen molar-refractivity contribution in [2.45, 2.75) is 4.90 Å². The highest BCUT2D eigenvalue weighted by atomic mass is 35.7. The van der Waals surface area contributed by atoms with Gasteiger partial charge in [-0.25, -0.2) is 13.6 Å². The Morgan fingerprint density at radius 2 is 1.69 bits per heavy atom. The third kappa shape index (κ3) is 2.85. The third-order valence-corrected chi connectivity index (χ3v) is 4.18. The number of halogens is 1. The average Bonchev–Trinajstić information content (AvgIpc) is 2.14. The van der Waals surface area contributed by atoms with E-state index >= 15 is 0 Å². The lowest BCUT2D eigenvalue weighted by Gasteiger charge is -2.17. The summed E-state index contributed by atoms with van der Waals surface area (Å²) in [5.74, 6) is 0. The highest BCUT2D eigenvalue weighted by Crippen LogP contribution is 2.27. The fourth-order valence-electron chi connectivity index (χ4n) is 1.06. The molecule has 16 heavy (non-hydrogen) atoms. The zero-order valence-corrected chi connectivity index (χ0v) is 10.6. The molecule has 0 spiro atoms. The van der Waals surface area contributed by atoms with Crippen LogP contribution in [0.25, 0.3) is 0 Å². The van der Waals surface area contributed by atoms with Gasteiger partial charge in [0.15, 0.2) is 0 Å². The fourth-order valence-corrected chi connectivity index (χ4v) is 2.64. The Balaban J connectivity index is 3.48. The maximum atomic E-state index is 11.2. The summed E-state index contributed by atoms with van der Waals surface area (Å²) in [7, 11) is -1.75. The van der Waals surface area contributed by atoms with Crippen LogP contribution in [0.15, 0.2) is 29.2 Å². The second kappa shape index (κ2) is 4.21. The first kappa shape index (κ1) is 13.2. The van der Waals surface area contributed by atoms with Crippen molar-refractivity contribution < 1.29 is 16.8 Å². The molecule has 0 saturated heterocycles. The van der Waals surface area contributed by atoms with Crippen molar-refractivity contribution in [3.8, 4) is 0 Å². The van der Waals surface area contributed by atoms with Crippen LogP contribution in [0.5, 0.6) is 0 Å². The molecule has 0 radical (unpaired) electrons. The molecule has 0 aromatic heterocycles. The van der Waals surface area contributed by atoms with Gasteiger partial charge in [0.25, 0.3) is 19.3 Å². The number of nitrogens with two attached hydrogens (primary N) is 1. The molecule has 0 aliphatic carbocycles. The molecule has 1 rings (SSSR count). The lowest BCUT2D eigenvalue weighted by atomic mass is 10.3. The molecule has 0 atom stereocenters. The highest BCUT2D eigenvalue weighted by molar-refractivity contribution is 8.14. The normalized spacial score (nSPS) is 12.4. The summed E-state index contributed by atoms with van der Waals surface area (Å²) < 4.78 is 45.2. The van der Waals surface area contributed by atoms with Gasteiger partial charge in [-0.1, -0.05) is 12.1 Å². The van der Waals surface area contributed by atoms with Crippen LogP contribution in [0.3, 0.4) is 0 Å². The Bertz CT molecular complexity index is 597. The van der Waals surface area contributed by atoms with Gasteiger partial charge in [-0.3, -0.25) is 4.31 Å². The summed E-state index contributed by atoms with van der Waals surface area (Å²) in [4.78, 5) is -0.312. The summed E-state index contributed by atoms with van der Waals surface area (Å²) in [5.41, 5.74) is -0.0972. The van der Waals surface area contributed by atoms with Crippen LogP contribution in [0.1, 0.15) is 0 Å². The molecule has 9 heteroatoms. The molecular weight excluding hydrogens is 276 g/mol. The van der Waals surface area contributed by atoms with Crippen LogP contribution in [-0.2, 0) is 19.3 Å². The largest absolute Gasteiger partial charge is 0.298 e. The smallest absolute Gasteiger partial charge is 0.260 e. The van der Waals surface area contributed by atoms with Gasteiger partial charge in [0, 0.05) is 17.7 Å². The van der Waals surface area contributed by atoms with Crippen LogP contribution < -0.4 is 9.44 Å². The second-order valence-electron chi connectivity index (χ2n) is 2.92. The van der Waals surface area contributed by atoms with Crippen LogP contribution in [0, 0.1) is 0 Å². The summed E-state index contributed by atoms with van der Waals surface area (Å²) in [5, 5.41) is 4.88.